The van der Waals surface area contributed by atoms with E-state index in [0.717, 1.165) is 0 Å². The minimum Gasteiger partial charge on any atom is -0.325 e. The van der Waals surface area contributed by atoms with Gasteiger partial charge in [0, 0.05) is 35.4 Å². The van der Waals surface area contributed by atoms with Crippen LogP contribution in [0.3, 0.4) is 0 Å². The monoisotopic (exact) mass is 426 g/mol. The molecule has 0 spiro atoms. The smallest absolute Gasteiger partial charge is 0.213 e. The largest absolute Gasteiger partial charge is 0.325 e. The van der Waals surface area contributed by atoms with Crippen LogP contribution in [0.25, 0.3) is 11.3 Å². The molecule has 166 valence electrons. The van der Waals surface area contributed by atoms with Gasteiger partial charge < -0.3 is 9.80 Å². The molecule has 0 N–H and O–H groups in total. The van der Waals surface area contributed by atoms with Crippen molar-refractivity contribution in [2.45, 2.75) is 61.6 Å². The predicted molar refractivity (Wildman–Crippen MR) is 136 cm³/mol. The Morgan fingerprint density at radius 1 is 0.688 bits per heavy atom. The second-order valence-corrected chi connectivity index (χ2v) is 9.48. The second-order valence-electron chi connectivity index (χ2n) is 9.48. The van der Waals surface area contributed by atoms with E-state index < -0.39 is 0 Å². The number of pyridine rings is 1. The molecule has 1 aliphatic rings. The summed E-state index contributed by atoms with van der Waals surface area (Å²) in [4.78, 5) is 4.83. The third-order valence-corrected chi connectivity index (χ3v) is 7.08. The minimum absolute atomic E-state index is 0.205. The number of hydrogen-bond donors (Lipinski definition) is 0. The van der Waals surface area contributed by atoms with Gasteiger partial charge in [0.1, 0.15) is 13.2 Å². The second kappa shape index (κ2) is 8.12. The molecule has 3 aromatic rings. The Hall–Kier alpha value is -3.07. The van der Waals surface area contributed by atoms with Crippen molar-refractivity contribution in [1.82, 2.24) is 0 Å². The van der Waals surface area contributed by atoms with Gasteiger partial charge in [0.05, 0.1) is 5.56 Å². The van der Waals surface area contributed by atoms with Crippen LogP contribution < -0.4 is 14.4 Å². The van der Waals surface area contributed by atoms with Gasteiger partial charge in [0.25, 0.3) is 0 Å². The summed E-state index contributed by atoms with van der Waals surface area (Å²) in [5.74, 6) is 0. The fourth-order valence-corrected chi connectivity index (χ4v) is 5.36. The Morgan fingerprint density at radius 3 is 1.91 bits per heavy atom. The molecule has 0 fully saturated rings. The first-order chi connectivity index (χ1) is 15.1. The van der Waals surface area contributed by atoms with Crippen molar-refractivity contribution in [2.75, 3.05) is 9.80 Å². The molecule has 0 amide bonds. The molecule has 0 aliphatic carbocycles. The third kappa shape index (κ3) is 3.50. The van der Waals surface area contributed by atoms with Crippen molar-refractivity contribution in [3.63, 3.8) is 0 Å². The number of aryl methyl sites for hydroxylation is 7. The van der Waals surface area contributed by atoms with Crippen molar-refractivity contribution in [1.29, 1.82) is 0 Å². The highest BCUT2D eigenvalue weighted by molar-refractivity contribution is 5.79. The van der Waals surface area contributed by atoms with E-state index in [0.29, 0.717) is 0 Å². The zero-order valence-electron chi connectivity index (χ0n) is 21.0. The van der Waals surface area contributed by atoms with Gasteiger partial charge in [-0.15, -0.1) is 0 Å². The normalized spacial score (nSPS) is 15.7. The molecule has 0 unspecified atom stereocenters. The SMILES string of the molecule is Cc1cc(-c2c(C)cc(C)c(N3C=CN(c4c(C)cccc4C)[C@H]3C)c2C)[n+](C)cc1C. The van der Waals surface area contributed by atoms with Gasteiger partial charge in [-0.25, -0.2) is 4.57 Å². The molecular formula is C29H36N3+. The summed E-state index contributed by atoms with van der Waals surface area (Å²) in [7, 11) is 2.15. The maximum Gasteiger partial charge on any atom is 0.213 e. The molecule has 1 atom stereocenters. The summed E-state index contributed by atoms with van der Waals surface area (Å²) in [6.07, 6.45) is 6.92. The highest BCUT2D eigenvalue weighted by Gasteiger charge is 2.30. The Kier molecular flexibility index (Phi) is 5.62. The molecular weight excluding hydrogens is 390 g/mol. The van der Waals surface area contributed by atoms with Crippen LogP contribution >= 0.6 is 0 Å². The molecule has 2 aromatic carbocycles. The topological polar surface area (TPSA) is 10.4 Å². The van der Waals surface area contributed by atoms with Crippen LogP contribution in [0.15, 0.2) is 48.9 Å². The molecule has 2 heterocycles. The van der Waals surface area contributed by atoms with Crippen molar-refractivity contribution in [2.24, 2.45) is 7.05 Å². The number of para-hydroxylation sites is 1. The van der Waals surface area contributed by atoms with Gasteiger partial charge in [0.15, 0.2) is 6.20 Å². The molecule has 0 saturated heterocycles. The number of hydrogen-bond acceptors (Lipinski definition) is 2. The molecule has 0 radical (unpaired) electrons. The van der Waals surface area contributed by atoms with E-state index in [4.69, 9.17) is 0 Å². The van der Waals surface area contributed by atoms with E-state index >= 15 is 0 Å². The summed E-state index contributed by atoms with van der Waals surface area (Å²) in [6.45, 7) is 17.8. The summed E-state index contributed by atoms with van der Waals surface area (Å²) in [6, 6.07) is 11.2. The number of nitrogens with zero attached hydrogens (tertiary/aromatic N) is 3. The predicted octanol–water partition coefficient (Wildman–Crippen LogP) is 6.48. The third-order valence-electron chi connectivity index (χ3n) is 7.08. The molecule has 32 heavy (non-hydrogen) atoms. The van der Waals surface area contributed by atoms with Crippen molar-refractivity contribution >= 4 is 11.4 Å². The first-order valence-electron chi connectivity index (χ1n) is 11.5. The quantitative estimate of drug-likeness (QED) is 0.444. The number of aromatic nitrogens is 1. The van der Waals surface area contributed by atoms with Crippen LogP contribution in [0.5, 0.6) is 0 Å². The van der Waals surface area contributed by atoms with Gasteiger partial charge in [-0.2, -0.15) is 0 Å². The Bertz CT molecular complexity index is 1220. The molecule has 1 aromatic heterocycles. The lowest BCUT2D eigenvalue weighted by Gasteiger charge is -2.34. The van der Waals surface area contributed by atoms with E-state index in [-0.39, 0.29) is 6.17 Å². The van der Waals surface area contributed by atoms with Crippen molar-refractivity contribution in [3.05, 3.63) is 87.9 Å². The highest BCUT2D eigenvalue weighted by atomic mass is 15.4. The van der Waals surface area contributed by atoms with E-state index in [1.54, 1.807) is 0 Å². The molecule has 0 bridgehead atoms. The van der Waals surface area contributed by atoms with Gasteiger partial charge >= 0.3 is 0 Å². The summed E-state index contributed by atoms with van der Waals surface area (Å²) >= 11 is 0. The van der Waals surface area contributed by atoms with E-state index in [1.165, 1.54) is 61.6 Å². The van der Waals surface area contributed by atoms with Crippen LogP contribution in [0.2, 0.25) is 0 Å². The number of rotatable bonds is 3. The van der Waals surface area contributed by atoms with Gasteiger partial charge in [-0.3, -0.25) is 0 Å². The zero-order valence-corrected chi connectivity index (χ0v) is 21.0. The van der Waals surface area contributed by atoms with Crippen LogP contribution in [0, 0.1) is 48.5 Å². The van der Waals surface area contributed by atoms with Crippen LogP contribution in [0.1, 0.15) is 45.9 Å². The average molecular weight is 427 g/mol. The minimum atomic E-state index is 0.205. The Balaban J connectivity index is 1.83. The van der Waals surface area contributed by atoms with Crippen molar-refractivity contribution < 1.29 is 4.57 Å². The average Bonchev–Trinajstić information content (AvgIpc) is 3.06. The van der Waals surface area contributed by atoms with Crippen molar-refractivity contribution in [3.8, 4) is 11.3 Å². The van der Waals surface area contributed by atoms with E-state index in [1.807, 2.05) is 0 Å². The van der Waals surface area contributed by atoms with Gasteiger partial charge in [-0.1, -0.05) is 24.3 Å². The first-order valence-corrected chi connectivity index (χ1v) is 11.5. The Morgan fingerprint density at radius 2 is 1.28 bits per heavy atom. The van der Waals surface area contributed by atoms with Crippen LogP contribution in [-0.4, -0.2) is 6.17 Å². The Labute approximate surface area is 193 Å². The lowest BCUT2D eigenvalue weighted by atomic mass is 9.93. The summed E-state index contributed by atoms with van der Waals surface area (Å²) in [5.41, 5.74) is 14.5. The summed E-state index contributed by atoms with van der Waals surface area (Å²) in [5, 5.41) is 0. The van der Waals surface area contributed by atoms with E-state index in [9.17, 15) is 0 Å². The standard InChI is InChI=1S/C29H36N3/c1-18-11-10-12-19(2)28(18)31-13-14-32(25(31)8)29-22(5)15-21(4)27(24(29)7)26-16-20(3)23(6)17-30(26)9/h10-17,25H,1-9H3/q+1/t25-/m1/s1. The first kappa shape index (κ1) is 22.1. The summed E-state index contributed by atoms with van der Waals surface area (Å²) < 4.78 is 2.27. The molecule has 3 heteroatoms. The molecule has 4 rings (SSSR count). The molecule has 3 nitrogen and oxygen atoms in total. The maximum absolute atomic E-state index is 2.43. The number of benzene rings is 2. The fourth-order valence-electron chi connectivity index (χ4n) is 5.36. The number of anilines is 2. The van der Waals surface area contributed by atoms with E-state index in [2.05, 4.69) is 126 Å². The molecule has 1 aliphatic heterocycles. The lowest BCUT2D eigenvalue weighted by molar-refractivity contribution is -0.660. The molecule has 0 saturated carbocycles. The fraction of sp³-hybridized carbons (Fsp3) is 0.345. The lowest BCUT2D eigenvalue weighted by Crippen LogP contribution is -2.37. The van der Waals surface area contributed by atoms with Gasteiger partial charge in [-0.05, 0) is 88.8 Å². The highest BCUT2D eigenvalue weighted by Crippen LogP contribution is 2.40. The van der Waals surface area contributed by atoms with Gasteiger partial charge in [0.2, 0.25) is 5.69 Å². The zero-order chi connectivity index (χ0) is 23.3. The van der Waals surface area contributed by atoms with Crippen LogP contribution in [-0.2, 0) is 7.05 Å². The van der Waals surface area contributed by atoms with Crippen LogP contribution in [0.4, 0.5) is 11.4 Å². The maximum atomic E-state index is 2.43.